The van der Waals surface area contributed by atoms with Gasteiger partial charge in [0.25, 0.3) is 0 Å². The van der Waals surface area contributed by atoms with Crippen LogP contribution in [0.25, 0.3) is 0 Å². The molecule has 2 rings (SSSR count). The van der Waals surface area contributed by atoms with E-state index in [1.54, 1.807) is 0 Å². The number of rotatable bonds is 4. The van der Waals surface area contributed by atoms with Crippen LogP contribution in [-0.4, -0.2) is 18.5 Å². The van der Waals surface area contributed by atoms with Crippen molar-refractivity contribution in [1.29, 1.82) is 0 Å². The van der Waals surface area contributed by atoms with Gasteiger partial charge >= 0.3 is 0 Å². The molecule has 0 radical (unpaired) electrons. The van der Waals surface area contributed by atoms with Gasteiger partial charge < -0.3 is 10.6 Å². The van der Waals surface area contributed by atoms with Gasteiger partial charge in [0.15, 0.2) is 0 Å². The van der Waals surface area contributed by atoms with Crippen molar-refractivity contribution >= 4 is 17.5 Å². The number of nitrogens with one attached hydrogen (secondary N) is 2. The van der Waals surface area contributed by atoms with Gasteiger partial charge in [0.1, 0.15) is 0 Å². The Morgan fingerprint density at radius 2 is 2.15 bits per heavy atom. The lowest BCUT2D eigenvalue weighted by atomic mass is 9.92. The minimum Gasteiger partial charge on any atom is -0.349 e. The zero-order valence-corrected chi connectivity index (χ0v) is 12.9. The maximum Gasteiger partial charge on any atom is 0.223 e. The Morgan fingerprint density at radius 1 is 1.45 bits per heavy atom. The molecule has 1 amide bonds. The van der Waals surface area contributed by atoms with Gasteiger partial charge in [-0.25, -0.2) is 0 Å². The fourth-order valence-corrected chi connectivity index (χ4v) is 2.90. The molecule has 1 aliphatic rings. The van der Waals surface area contributed by atoms with Crippen LogP contribution in [0, 0.1) is 5.92 Å². The Labute approximate surface area is 126 Å². The first kappa shape index (κ1) is 15.3. The molecule has 1 aromatic rings. The second-order valence-electron chi connectivity index (χ2n) is 5.60. The largest absolute Gasteiger partial charge is 0.349 e. The summed E-state index contributed by atoms with van der Waals surface area (Å²) >= 11 is 5.91. The number of piperidine rings is 1. The normalized spacial score (nSPS) is 24.1. The third-order valence-corrected chi connectivity index (χ3v) is 4.24. The van der Waals surface area contributed by atoms with E-state index < -0.39 is 0 Å². The Hall–Kier alpha value is -1.06. The SMILES string of the molecule is CCC(NC(=O)C1CCNC(C)C1)c1ccc(Cl)cc1. The first-order valence-corrected chi connectivity index (χ1v) is 7.77. The van der Waals surface area contributed by atoms with E-state index >= 15 is 0 Å². The Kier molecular flexibility index (Phi) is 5.44. The molecule has 3 nitrogen and oxygen atoms in total. The number of hydrogen-bond donors (Lipinski definition) is 2. The molecule has 0 bridgehead atoms. The van der Waals surface area contributed by atoms with E-state index in [1.165, 1.54) is 0 Å². The third kappa shape index (κ3) is 3.97. The van der Waals surface area contributed by atoms with Crippen LogP contribution in [0.2, 0.25) is 5.02 Å². The van der Waals surface area contributed by atoms with Crippen LogP contribution >= 0.6 is 11.6 Å². The predicted octanol–water partition coefficient (Wildman–Crippen LogP) is 3.30. The molecule has 3 unspecified atom stereocenters. The fourth-order valence-electron chi connectivity index (χ4n) is 2.78. The second-order valence-corrected chi connectivity index (χ2v) is 6.03. The summed E-state index contributed by atoms with van der Waals surface area (Å²) in [6.45, 7) is 5.15. The molecular weight excluding hydrogens is 272 g/mol. The number of amides is 1. The van der Waals surface area contributed by atoms with Crippen molar-refractivity contribution in [1.82, 2.24) is 10.6 Å². The van der Waals surface area contributed by atoms with E-state index in [1.807, 2.05) is 24.3 Å². The van der Waals surface area contributed by atoms with Gasteiger partial charge in [0, 0.05) is 17.0 Å². The van der Waals surface area contributed by atoms with Gasteiger partial charge in [0.2, 0.25) is 5.91 Å². The zero-order valence-electron chi connectivity index (χ0n) is 12.2. The molecule has 2 N–H and O–H groups in total. The van der Waals surface area contributed by atoms with Crippen molar-refractivity contribution in [2.75, 3.05) is 6.54 Å². The third-order valence-electron chi connectivity index (χ3n) is 3.99. The lowest BCUT2D eigenvalue weighted by Crippen LogP contribution is -2.43. The zero-order chi connectivity index (χ0) is 14.5. The van der Waals surface area contributed by atoms with E-state index in [4.69, 9.17) is 11.6 Å². The highest BCUT2D eigenvalue weighted by Gasteiger charge is 2.26. The van der Waals surface area contributed by atoms with Gasteiger partial charge in [-0.2, -0.15) is 0 Å². The fraction of sp³-hybridized carbons (Fsp3) is 0.562. The quantitative estimate of drug-likeness (QED) is 0.894. The van der Waals surface area contributed by atoms with Gasteiger partial charge in [-0.1, -0.05) is 30.7 Å². The molecule has 110 valence electrons. The molecule has 0 aliphatic carbocycles. The molecule has 3 atom stereocenters. The summed E-state index contributed by atoms with van der Waals surface area (Å²) in [5.41, 5.74) is 1.12. The number of benzene rings is 1. The van der Waals surface area contributed by atoms with E-state index in [9.17, 15) is 4.79 Å². The van der Waals surface area contributed by atoms with Gasteiger partial charge in [-0.15, -0.1) is 0 Å². The average molecular weight is 295 g/mol. The number of carbonyl (C=O) groups excluding carboxylic acids is 1. The lowest BCUT2D eigenvalue weighted by Gasteiger charge is -2.29. The van der Waals surface area contributed by atoms with Crippen LogP contribution < -0.4 is 10.6 Å². The first-order chi connectivity index (χ1) is 9.60. The molecule has 1 aromatic carbocycles. The van der Waals surface area contributed by atoms with Crippen molar-refractivity contribution in [3.63, 3.8) is 0 Å². The van der Waals surface area contributed by atoms with Crippen molar-refractivity contribution < 1.29 is 4.79 Å². The topological polar surface area (TPSA) is 41.1 Å². The molecule has 4 heteroatoms. The van der Waals surface area contributed by atoms with Crippen LogP contribution in [0.5, 0.6) is 0 Å². The summed E-state index contributed by atoms with van der Waals surface area (Å²) in [6, 6.07) is 8.22. The van der Waals surface area contributed by atoms with Gasteiger partial charge in [-0.05, 0) is 50.4 Å². The van der Waals surface area contributed by atoms with Crippen LogP contribution in [0.15, 0.2) is 24.3 Å². The maximum absolute atomic E-state index is 12.4. The Balaban J connectivity index is 1.98. The van der Waals surface area contributed by atoms with Crippen molar-refractivity contribution in [3.8, 4) is 0 Å². The van der Waals surface area contributed by atoms with E-state index in [2.05, 4.69) is 24.5 Å². The molecule has 1 fully saturated rings. The van der Waals surface area contributed by atoms with E-state index in [-0.39, 0.29) is 17.9 Å². The summed E-state index contributed by atoms with van der Waals surface area (Å²) in [5.74, 6) is 0.313. The molecule has 1 aliphatic heterocycles. The van der Waals surface area contributed by atoms with Gasteiger partial charge in [-0.3, -0.25) is 4.79 Å². The van der Waals surface area contributed by atoms with Crippen LogP contribution in [0.3, 0.4) is 0 Å². The molecule has 20 heavy (non-hydrogen) atoms. The predicted molar refractivity (Wildman–Crippen MR) is 82.8 cm³/mol. The highest BCUT2D eigenvalue weighted by molar-refractivity contribution is 6.30. The number of carbonyl (C=O) groups is 1. The molecule has 1 heterocycles. The average Bonchev–Trinajstić information content (AvgIpc) is 2.45. The Bertz CT molecular complexity index is 446. The van der Waals surface area contributed by atoms with Crippen LogP contribution in [0.1, 0.15) is 44.7 Å². The summed E-state index contributed by atoms with van der Waals surface area (Å²) in [4.78, 5) is 12.4. The lowest BCUT2D eigenvalue weighted by molar-refractivity contribution is -0.126. The van der Waals surface area contributed by atoms with Crippen LogP contribution in [0.4, 0.5) is 0 Å². The summed E-state index contributed by atoms with van der Waals surface area (Å²) in [6.07, 6.45) is 2.73. The number of hydrogen-bond acceptors (Lipinski definition) is 2. The molecular formula is C16H23ClN2O. The minimum atomic E-state index is 0.0740. The molecule has 0 saturated carbocycles. The maximum atomic E-state index is 12.4. The molecule has 0 aromatic heterocycles. The van der Waals surface area contributed by atoms with Crippen molar-refractivity contribution in [3.05, 3.63) is 34.9 Å². The standard InChI is InChI=1S/C16H23ClN2O/c1-3-15(12-4-6-14(17)7-5-12)19-16(20)13-8-9-18-11(2)10-13/h4-7,11,13,15,18H,3,8-10H2,1-2H3,(H,19,20). The highest BCUT2D eigenvalue weighted by atomic mass is 35.5. The molecule has 0 spiro atoms. The molecule has 1 saturated heterocycles. The Morgan fingerprint density at radius 3 is 2.75 bits per heavy atom. The monoisotopic (exact) mass is 294 g/mol. The van der Waals surface area contributed by atoms with E-state index in [0.717, 1.165) is 36.4 Å². The highest BCUT2D eigenvalue weighted by Crippen LogP contribution is 2.22. The first-order valence-electron chi connectivity index (χ1n) is 7.39. The second kappa shape index (κ2) is 7.09. The smallest absolute Gasteiger partial charge is 0.223 e. The number of halogens is 1. The summed E-state index contributed by atoms with van der Waals surface area (Å²) in [7, 11) is 0. The van der Waals surface area contributed by atoms with Crippen LogP contribution in [-0.2, 0) is 4.79 Å². The summed E-state index contributed by atoms with van der Waals surface area (Å²) in [5, 5.41) is 7.28. The summed E-state index contributed by atoms with van der Waals surface area (Å²) < 4.78 is 0. The van der Waals surface area contributed by atoms with Crippen molar-refractivity contribution in [2.45, 2.75) is 45.2 Å². The van der Waals surface area contributed by atoms with Gasteiger partial charge in [0.05, 0.1) is 6.04 Å². The van der Waals surface area contributed by atoms with E-state index in [0.29, 0.717) is 6.04 Å². The minimum absolute atomic E-state index is 0.0740. The van der Waals surface area contributed by atoms with Crippen molar-refractivity contribution in [2.24, 2.45) is 5.92 Å².